The van der Waals surface area contributed by atoms with Crippen LogP contribution in [0.4, 0.5) is 0 Å². The van der Waals surface area contributed by atoms with Crippen molar-refractivity contribution in [2.45, 2.75) is 19.4 Å². The molecule has 6 heteroatoms. The average molecular weight is 383 g/mol. The Kier molecular flexibility index (Phi) is 4.31. The summed E-state index contributed by atoms with van der Waals surface area (Å²) < 4.78 is 2.21. The van der Waals surface area contributed by atoms with Crippen LogP contribution in [0.15, 0.2) is 67.1 Å². The van der Waals surface area contributed by atoms with Crippen molar-refractivity contribution in [3.05, 3.63) is 78.2 Å². The number of imidazole rings is 1. The van der Waals surface area contributed by atoms with Gasteiger partial charge in [0.1, 0.15) is 11.3 Å². The van der Waals surface area contributed by atoms with Crippen LogP contribution in [-0.2, 0) is 0 Å². The quantitative estimate of drug-likeness (QED) is 0.538. The first kappa shape index (κ1) is 17.6. The van der Waals surface area contributed by atoms with Gasteiger partial charge in [0.15, 0.2) is 5.65 Å². The molecule has 1 atom stereocenters. The molecule has 1 aliphatic heterocycles. The predicted octanol–water partition coefficient (Wildman–Crippen LogP) is 3.89. The molecule has 0 saturated carbocycles. The van der Waals surface area contributed by atoms with Gasteiger partial charge < -0.3 is 9.47 Å². The third-order valence-corrected chi connectivity index (χ3v) is 5.50. The summed E-state index contributed by atoms with van der Waals surface area (Å²) in [5.74, 6) is 0.950. The standard InChI is InChI=1S/C23H21N5O/c1-16-4-6-17(7-5-16)21-26-20-3-2-11-25-22(20)28(21)19-10-14-27(15-19)23(29)18-8-12-24-13-9-18/h2-9,11-13,19H,10,14-15H2,1H3. The Morgan fingerprint density at radius 1 is 1.03 bits per heavy atom. The maximum absolute atomic E-state index is 12.9. The van der Waals surface area contributed by atoms with E-state index in [4.69, 9.17) is 4.98 Å². The van der Waals surface area contributed by atoms with Gasteiger partial charge in [0.25, 0.3) is 5.91 Å². The van der Waals surface area contributed by atoms with Crippen molar-refractivity contribution in [2.24, 2.45) is 0 Å². The molecular weight excluding hydrogens is 362 g/mol. The smallest absolute Gasteiger partial charge is 0.254 e. The summed E-state index contributed by atoms with van der Waals surface area (Å²) in [5.41, 5.74) is 4.69. The van der Waals surface area contributed by atoms with Crippen LogP contribution in [-0.4, -0.2) is 43.4 Å². The second-order valence-corrected chi connectivity index (χ2v) is 7.45. The average Bonchev–Trinajstić information content (AvgIpc) is 3.39. The number of hydrogen-bond acceptors (Lipinski definition) is 4. The molecule has 5 rings (SSSR count). The Hall–Kier alpha value is -3.54. The zero-order valence-corrected chi connectivity index (χ0v) is 16.2. The largest absolute Gasteiger partial charge is 0.336 e. The van der Waals surface area contributed by atoms with Crippen LogP contribution in [0, 0.1) is 6.92 Å². The lowest BCUT2D eigenvalue weighted by molar-refractivity contribution is 0.0788. The second kappa shape index (κ2) is 7.13. The lowest BCUT2D eigenvalue weighted by Crippen LogP contribution is -2.29. The SMILES string of the molecule is Cc1ccc(-c2nc3cccnc3n2C2CCN(C(=O)c3ccncc3)C2)cc1. The highest BCUT2D eigenvalue weighted by Crippen LogP contribution is 2.32. The molecule has 1 aliphatic rings. The first-order chi connectivity index (χ1) is 14.2. The molecule has 1 fully saturated rings. The summed E-state index contributed by atoms with van der Waals surface area (Å²) >= 11 is 0. The summed E-state index contributed by atoms with van der Waals surface area (Å²) in [6.45, 7) is 3.43. The van der Waals surface area contributed by atoms with Crippen molar-refractivity contribution in [1.82, 2.24) is 24.4 Å². The van der Waals surface area contributed by atoms with Gasteiger partial charge in [-0.3, -0.25) is 9.78 Å². The molecule has 0 aliphatic carbocycles. The van der Waals surface area contributed by atoms with Gasteiger partial charge in [-0.1, -0.05) is 29.8 Å². The Labute approximate surface area is 168 Å². The van der Waals surface area contributed by atoms with Crippen molar-refractivity contribution in [3.8, 4) is 11.4 Å². The van der Waals surface area contributed by atoms with Crippen LogP contribution >= 0.6 is 0 Å². The second-order valence-electron chi connectivity index (χ2n) is 7.45. The number of carbonyl (C=O) groups excluding carboxylic acids is 1. The molecule has 144 valence electrons. The highest BCUT2D eigenvalue weighted by molar-refractivity contribution is 5.94. The van der Waals surface area contributed by atoms with Crippen molar-refractivity contribution in [1.29, 1.82) is 0 Å². The molecule has 1 aromatic carbocycles. The summed E-state index contributed by atoms with van der Waals surface area (Å²) in [6, 6.07) is 16.0. The van der Waals surface area contributed by atoms with E-state index in [0.717, 1.165) is 29.0 Å². The maximum atomic E-state index is 12.9. The fourth-order valence-corrected chi connectivity index (χ4v) is 4.00. The monoisotopic (exact) mass is 383 g/mol. The Balaban J connectivity index is 1.52. The number of aromatic nitrogens is 4. The molecular formula is C23H21N5O. The van der Waals surface area contributed by atoms with Gasteiger partial charge >= 0.3 is 0 Å². The van der Waals surface area contributed by atoms with Gasteiger partial charge in [0.2, 0.25) is 0 Å². The van der Waals surface area contributed by atoms with E-state index in [9.17, 15) is 4.79 Å². The molecule has 3 aromatic heterocycles. The number of nitrogens with zero attached hydrogens (tertiary/aromatic N) is 5. The minimum Gasteiger partial charge on any atom is -0.336 e. The molecule has 0 spiro atoms. The summed E-state index contributed by atoms with van der Waals surface area (Å²) in [4.78, 5) is 28.3. The molecule has 1 saturated heterocycles. The van der Waals surface area contributed by atoms with Crippen LogP contribution in [0.1, 0.15) is 28.4 Å². The third-order valence-electron chi connectivity index (χ3n) is 5.50. The number of aryl methyl sites for hydroxylation is 1. The zero-order chi connectivity index (χ0) is 19.8. The number of pyridine rings is 2. The van der Waals surface area contributed by atoms with Gasteiger partial charge in [0.05, 0.1) is 6.04 Å². The molecule has 4 aromatic rings. The number of likely N-dealkylation sites (tertiary alicyclic amines) is 1. The zero-order valence-electron chi connectivity index (χ0n) is 16.2. The van der Waals surface area contributed by atoms with Gasteiger partial charge in [0, 0.05) is 42.8 Å². The number of hydrogen-bond donors (Lipinski definition) is 0. The molecule has 29 heavy (non-hydrogen) atoms. The fraction of sp³-hybridized carbons (Fsp3) is 0.217. The van der Waals surface area contributed by atoms with Crippen molar-refractivity contribution in [2.75, 3.05) is 13.1 Å². The van der Waals surface area contributed by atoms with Gasteiger partial charge in [-0.15, -0.1) is 0 Å². The van der Waals surface area contributed by atoms with E-state index < -0.39 is 0 Å². The van der Waals surface area contributed by atoms with Crippen LogP contribution in [0.3, 0.4) is 0 Å². The number of carbonyl (C=O) groups is 1. The molecule has 6 nitrogen and oxygen atoms in total. The van der Waals surface area contributed by atoms with E-state index in [1.54, 1.807) is 30.7 Å². The van der Waals surface area contributed by atoms with Crippen molar-refractivity contribution in [3.63, 3.8) is 0 Å². The highest BCUT2D eigenvalue weighted by Gasteiger charge is 2.31. The highest BCUT2D eigenvalue weighted by atomic mass is 16.2. The summed E-state index contributed by atoms with van der Waals surface area (Å²) in [7, 11) is 0. The summed E-state index contributed by atoms with van der Waals surface area (Å²) in [5, 5.41) is 0. The third kappa shape index (κ3) is 3.16. The summed E-state index contributed by atoms with van der Waals surface area (Å²) in [6.07, 6.45) is 5.99. The molecule has 1 amide bonds. The molecule has 0 bridgehead atoms. The van der Waals surface area contributed by atoms with Crippen LogP contribution in [0.2, 0.25) is 0 Å². The lowest BCUT2D eigenvalue weighted by atomic mass is 10.1. The lowest BCUT2D eigenvalue weighted by Gasteiger charge is -2.19. The van der Waals surface area contributed by atoms with Crippen LogP contribution in [0.25, 0.3) is 22.6 Å². The molecule has 4 heterocycles. The molecule has 0 radical (unpaired) electrons. The topological polar surface area (TPSA) is 63.9 Å². The fourth-order valence-electron chi connectivity index (χ4n) is 4.00. The van der Waals surface area contributed by atoms with E-state index in [1.807, 2.05) is 17.0 Å². The van der Waals surface area contributed by atoms with Gasteiger partial charge in [-0.2, -0.15) is 0 Å². The minimum atomic E-state index is 0.0455. The first-order valence-electron chi connectivity index (χ1n) is 9.80. The van der Waals surface area contributed by atoms with Gasteiger partial charge in [-0.25, -0.2) is 9.97 Å². The van der Waals surface area contributed by atoms with E-state index in [1.165, 1.54) is 5.56 Å². The van der Waals surface area contributed by atoms with E-state index >= 15 is 0 Å². The maximum Gasteiger partial charge on any atom is 0.254 e. The number of benzene rings is 1. The van der Waals surface area contributed by atoms with E-state index in [2.05, 4.69) is 45.7 Å². The number of fused-ring (bicyclic) bond motifs is 1. The predicted molar refractivity (Wildman–Crippen MR) is 111 cm³/mol. The normalized spacial score (nSPS) is 16.4. The number of amides is 1. The van der Waals surface area contributed by atoms with Crippen LogP contribution in [0.5, 0.6) is 0 Å². The Morgan fingerprint density at radius 2 is 1.83 bits per heavy atom. The molecule has 0 N–H and O–H groups in total. The number of rotatable bonds is 3. The van der Waals surface area contributed by atoms with E-state index in [-0.39, 0.29) is 11.9 Å². The Bertz CT molecular complexity index is 1170. The van der Waals surface area contributed by atoms with E-state index in [0.29, 0.717) is 18.7 Å². The Morgan fingerprint density at radius 3 is 2.62 bits per heavy atom. The van der Waals surface area contributed by atoms with Crippen LogP contribution < -0.4 is 0 Å². The molecule has 1 unspecified atom stereocenters. The minimum absolute atomic E-state index is 0.0455. The first-order valence-corrected chi connectivity index (χ1v) is 9.80. The van der Waals surface area contributed by atoms with Crippen molar-refractivity contribution >= 4 is 17.1 Å². The van der Waals surface area contributed by atoms with Gasteiger partial charge in [-0.05, 0) is 37.6 Å². The van der Waals surface area contributed by atoms with Crippen molar-refractivity contribution < 1.29 is 4.79 Å².